The van der Waals surface area contributed by atoms with Crippen LogP contribution in [0.25, 0.3) is 0 Å². The summed E-state index contributed by atoms with van der Waals surface area (Å²) in [6.45, 7) is 4.99. The lowest BCUT2D eigenvalue weighted by molar-refractivity contribution is -0.141. The number of hydrogen-bond donors (Lipinski definition) is 1. The van der Waals surface area contributed by atoms with Crippen molar-refractivity contribution in [2.24, 2.45) is 5.41 Å². The topological polar surface area (TPSA) is 87.0 Å². The number of rotatable bonds is 2. The van der Waals surface area contributed by atoms with Gasteiger partial charge >= 0.3 is 0 Å². The van der Waals surface area contributed by atoms with Crippen LogP contribution >= 0.6 is 11.3 Å². The Morgan fingerprint density at radius 1 is 1.25 bits per heavy atom. The van der Waals surface area contributed by atoms with Gasteiger partial charge in [0.25, 0.3) is 5.91 Å². The number of anilines is 1. The molecule has 3 aliphatic rings. The normalized spacial score (nSPS) is 27.2. The smallest absolute Gasteiger partial charge is 0.256 e. The highest BCUT2D eigenvalue weighted by molar-refractivity contribution is 7.16. The first kappa shape index (κ1) is 19.4. The van der Waals surface area contributed by atoms with Crippen LogP contribution in [0.1, 0.15) is 47.3 Å². The Morgan fingerprint density at radius 2 is 1.96 bits per heavy atom. The van der Waals surface area contributed by atoms with Gasteiger partial charge < -0.3 is 10.6 Å². The predicted molar refractivity (Wildman–Crippen MR) is 108 cm³/mol. The molecule has 4 rings (SSSR count). The maximum Gasteiger partial charge on any atom is 0.256 e. The standard InChI is InChI=1S/C20H28N4O3S/c1-13-10-15(17(21)28-13)18(26)23-8-4-14(5-9-23)24-7-3-6-20(12-24)11-16(25)22(2)19(20)27/h10,14H,3-9,11-12,21H2,1-2H3. The minimum atomic E-state index is -0.528. The van der Waals surface area contributed by atoms with Gasteiger partial charge in [0.2, 0.25) is 11.8 Å². The molecular weight excluding hydrogens is 376 g/mol. The first-order chi connectivity index (χ1) is 13.3. The van der Waals surface area contributed by atoms with Gasteiger partial charge in [0.1, 0.15) is 0 Å². The summed E-state index contributed by atoms with van der Waals surface area (Å²) in [4.78, 5) is 44.1. The van der Waals surface area contributed by atoms with Crippen LogP contribution in [0.15, 0.2) is 6.07 Å². The summed E-state index contributed by atoms with van der Waals surface area (Å²) in [5.41, 5.74) is 6.09. The lowest BCUT2D eigenvalue weighted by atomic mass is 9.77. The van der Waals surface area contributed by atoms with E-state index >= 15 is 0 Å². The Hall–Kier alpha value is -1.93. The van der Waals surface area contributed by atoms with Crippen molar-refractivity contribution < 1.29 is 14.4 Å². The van der Waals surface area contributed by atoms with Gasteiger partial charge in [-0.15, -0.1) is 11.3 Å². The molecule has 0 aromatic carbocycles. The van der Waals surface area contributed by atoms with Crippen molar-refractivity contribution in [1.82, 2.24) is 14.7 Å². The van der Waals surface area contributed by atoms with Crippen molar-refractivity contribution >= 4 is 34.1 Å². The predicted octanol–water partition coefficient (Wildman–Crippen LogP) is 1.71. The number of likely N-dealkylation sites (tertiary alicyclic amines) is 3. The fourth-order valence-electron chi connectivity index (χ4n) is 5.05. The molecule has 1 aromatic heterocycles. The highest BCUT2D eigenvalue weighted by Gasteiger charge is 2.52. The van der Waals surface area contributed by atoms with E-state index in [4.69, 9.17) is 5.73 Å². The van der Waals surface area contributed by atoms with Crippen LogP contribution in [-0.2, 0) is 9.59 Å². The number of thiophene rings is 1. The molecule has 3 fully saturated rings. The zero-order valence-electron chi connectivity index (χ0n) is 16.6. The molecule has 1 unspecified atom stereocenters. The maximum absolute atomic E-state index is 12.8. The summed E-state index contributed by atoms with van der Waals surface area (Å²) in [5, 5.41) is 0.594. The molecule has 0 radical (unpaired) electrons. The monoisotopic (exact) mass is 404 g/mol. The molecule has 28 heavy (non-hydrogen) atoms. The molecule has 1 spiro atoms. The van der Waals surface area contributed by atoms with Crippen molar-refractivity contribution in [2.45, 2.75) is 45.1 Å². The van der Waals surface area contributed by atoms with Crippen LogP contribution in [0.4, 0.5) is 5.00 Å². The fourth-order valence-corrected chi connectivity index (χ4v) is 5.83. The molecule has 0 bridgehead atoms. The van der Waals surface area contributed by atoms with Crippen LogP contribution < -0.4 is 5.73 Å². The van der Waals surface area contributed by atoms with Crippen molar-refractivity contribution in [1.29, 1.82) is 0 Å². The number of nitrogens with zero attached hydrogens (tertiary/aromatic N) is 3. The summed E-state index contributed by atoms with van der Waals surface area (Å²) < 4.78 is 0. The molecule has 152 valence electrons. The van der Waals surface area contributed by atoms with Crippen LogP contribution in [-0.4, -0.2) is 71.7 Å². The first-order valence-corrected chi connectivity index (χ1v) is 10.8. The van der Waals surface area contributed by atoms with E-state index in [2.05, 4.69) is 4.90 Å². The highest BCUT2D eigenvalue weighted by Crippen LogP contribution is 2.41. The Balaban J connectivity index is 1.39. The van der Waals surface area contributed by atoms with Gasteiger partial charge in [-0.05, 0) is 45.2 Å². The van der Waals surface area contributed by atoms with Gasteiger partial charge in [-0.25, -0.2) is 0 Å². The lowest BCUT2D eigenvalue weighted by Crippen LogP contribution is -2.54. The number of carbonyl (C=O) groups excluding carboxylic acids is 3. The van der Waals surface area contributed by atoms with Gasteiger partial charge in [-0.1, -0.05) is 0 Å². The number of carbonyl (C=O) groups is 3. The molecule has 3 amide bonds. The molecule has 1 atom stereocenters. The third-order valence-corrected chi connectivity index (χ3v) is 7.49. The van der Waals surface area contributed by atoms with Crippen LogP contribution in [0.5, 0.6) is 0 Å². The molecule has 1 aromatic rings. The molecule has 2 N–H and O–H groups in total. The number of nitrogen functional groups attached to an aromatic ring is 1. The number of imide groups is 1. The molecular formula is C20H28N4O3S. The van der Waals surface area contributed by atoms with E-state index in [1.807, 2.05) is 17.9 Å². The molecule has 3 aliphatic heterocycles. The summed E-state index contributed by atoms with van der Waals surface area (Å²) in [6.07, 6.45) is 3.86. The molecule has 0 saturated carbocycles. The van der Waals surface area contributed by atoms with Gasteiger partial charge in [-0.3, -0.25) is 24.2 Å². The van der Waals surface area contributed by atoms with Crippen molar-refractivity contribution in [3.05, 3.63) is 16.5 Å². The van der Waals surface area contributed by atoms with Crippen molar-refractivity contribution in [3.63, 3.8) is 0 Å². The van der Waals surface area contributed by atoms with E-state index in [1.165, 1.54) is 16.2 Å². The lowest BCUT2D eigenvalue weighted by Gasteiger charge is -2.45. The van der Waals surface area contributed by atoms with E-state index in [0.717, 1.165) is 37.1 Å². The Bertz CT molecular complexity index is 814. The Morgan fingerprint density at radius 3 is 2.54 bits per heavy atom. The maximum atomic E-state index is 12.8. The Kier molecular flexibility index (Phi) is 4.95. The van der Waals surface area contributed by atoms with Crippen LogP contribution in [0.3, 0.4) is 0 Å². The fraction of sp³-hybridized carbons (Fsp3) is 0.650. The molecule has 4 heterocycles. The van der Waals surface area contributed by atoms with E-state index in [0.29, 0.717) is 42.7 Å². The van der Waals surface area contributed by atoms with E-state index in [9.17, 15) is 14.4 Å². The van der Waals surface area contributed by atoms with E-state index in [1.54, 1.807) is 7.05 Å². The average molecular weight is 405 g/mol. The largest absolute Gasteiger partial charge is 0.390 e. The molecule has 8 heteroatoms. The van der Waals surface area contributed by atoms with Crippen LogP contribution in [0.2, 0.25) is 0 Å². The second-order valence-corrected chi connectivity index (χ2v) is 9.74. The molecule has 3 saturated heterocycles. The summed E-state index contributed by atoms with van der Waals surface area (Å²) in [7, 11) is 1.60. The third kappa shape index (κ3) is 3.22. The number of amides is 3. The van der Waals surface area contributed by atoms with Gasteiger partial charge in [0.05, 0.1) is 16.0 Å². The number of aryl methyl sites for hydroxylation is 1. The van der Waals surface area contributed by atoms with Crippen LogP contribution in [0, 0.1) is 12.3 Å². The van der Waals surface area contributed by atoms with Gasteiger partial charge in [-0.2, -0.15) is 0 Å². The zero-order valence-corrected chi connectivity index (χ0v) is 17.4. The molecule has 7 nitrogen and oxygen atoms in total. The van der Waals surface area contributed by atoms with E-state index < -0.39 is 5.41 Å². The minimum Gasteiger partial charge on any atom is -0.390 e. The average Bonchev–Trinajstić information content (AvgIpc) is 3.13. The SMILES string of the molecule is Cc1cc(C(=O)N2CCC(N3CCCC4(CC(=O)N(C)C4=O)C3)CC2)c(N)s1. The number of nitrogens with two attached hydrogens (primary N) is 1. The first-order valence-electron chi connectivity index (χ1n) is 10.0. The minimum absolute atomic E-state index is 0.0156. The van der Waals surface area contributed by atoms with Crippen molar-refractivity contribution in [3.8, 4) is 0 Å². The molecule has 0 aliphatic carbocycles. The Labute approximate surface area is 169 Å². The van der Waals surface area contributed by atoms with E-state index in [-0.39, 0.29) is 17.7 Å². The highest BCUT2D eigenvalue weighted by atomic mass is 32.1. The third-order valence-electron chi connectivity index (χ3n) is 6.61. The number of piperidine rings is 2. The number of hydrogen-bond acceptors (Lipinski definition) is 6. The second kappa shape index (κ2) is 7.15. The zero-order chi connectivity index (χ0) is 20.1. The summed E-state index contributed by atoms with van der Waals surface area (Å²) in [5.74, 6) is -0.0531. The summed E-state index contributed by atoms with van der Waals surface area (Å²) >= 11 is 1.45. The summed E-state index contributed by atoms with van der Waals surface area (Å²) in [6, 6.07) is 2.23. The quantitative estimate of drug-likeness (QED) is 0.759. The second-order valence-electron chi connectivity index (χ2n) is 8.45. The van der Waals surface area contributed by atoms with Gasteiger partial charge in [0, 0.05) is 44.0 Å². The van der Waals surface area contributed by atoms with Crippen molar-refractivity contribution in [2.75, 3.05) is 39.0 Å². The van der Waals surface area contributed by atoms with Gasteiger partial charge in [0.15, 0.2) is 0 Å².